The van der Waals surface area contributed by atoms with Gasteiger partial charge in [-0.05, 0) is 24.3 Å². The Morgan fingerprint density at radius 3 is 2.82 bits per heavy atom. The van der Waals surface area contributed by atoms with E-state index < -0.39 is 0 Å². The Morgan fingerprint density at radius 1 is 1.12 bits per heavy atom. The number of phenolic OH excluding ortho intramolecular Hbond substituents is 1. The molecule has 4 nitrogen and oxygen atoms in total. The van der Waals surface area contributed by atoms with Crippen LogP contribution in [0.4, 0.5) is 0 Å². The second-order valence-corrected chi connectivity index (χ2v) is 4.56. The number of fused-ring (bicyclic) bond motifs is 1. The molecule has 1 aromatic carbocycles. The van der Waals surface area contributed by atoms with Gasteiger partial charge in [-0.25, -0.2) is 0 Å². The molecule has 0 saturated carbocycles. The summed E-state index contributed by atoms with van der Waals surface area (Å²) >= 11 is 3.39. The molecule has 84 valence electrons. The lowest BCUT2D eigenvalue weighted by molar-refractivity contribution is 0.475. The van der Waals surface area contributed by atoms with Crippen molar-refractivity contribution in [2.45, 2.75) is 0 Å². The highest BCUT2D eigenvalue weighted by molar-refractivity contribution is 9.10. The predicted molar refractivity (Wildman–Crippen MR) is 67.8 cm³/mol. The van der Waals surface area contributed by atoms with Crippen molar-refractivity contribution in [1.29, 1.82) is 0 Å². The molecule has 0 bridgehead atoms. The predicted octanol–water partition coefficient (Wildman–Crippen LogP) is 2.86. The highest BCUT2D eigenvalue weighted by atomic mass is 79.9. The summed E-state index contributed by atoms with van der Waals surface area (Å²) in [5.74, 6) is 0.930. The van der Waals surface area contributed by atoms with Gasteiger partial charge in [0.2, 0.25) is 0 Å². The molecular formula is C12H8BrN3O. The van der Waals surface area contributed by atoms with Crippen LogP contribution in [0.3, 0.4) is 0 Å². The van der Waals surface area contributed by atoms with E-state index in [2.05, 4.69) is 26.1 Å². The highest BCUT2D eigenvalue weighted by Crippen LogP contribution is 2.23. The van der Waals surface area contributed by atoms with Crippen LogP contribution in [0.15, 0.2) is 47.1 Å². The third-order valence-corrected chi connectivity index (χ3v) is 2.97. The van der Waals surface area contributed by atoms with E-state index >= 15 is 0 Å². The number of nitrogens with zero attached hydrogens (tertiary/aromatic N) is 3. The Kier molecular flexibility index (Phi) is 2.33. The van der Waals surface area contributed by atoms with E-state index in [1.54, 1.807) is 18.2 Å². The maximum Gasteiger partial charge on any atom is 0.168 e. The van der Waals surface area contributed by atoms with Crippen LogP contribution in [-0.2, 0) is 0 Å². The van der Waals surface area contributed by atoms with Crippen molar-refractivity contribution >= 4 is 21.6 Å². The van der Waals surface area contributed by atoms with Crippen molar-refractivity contribution < 1.29 is 5.11 Å². The van der Waals surface area contributed by atoms with Gasteiger partial charge in [-0.2, -0.15) is 0 Å². The number of aromatic nitrogens is 3. The van der Waals surface area contributed by atoms with Gasteiger partial charge in [0.1, 0.15) is 5.75 Å². The zero-order chi connectivity index (χ0) is 11.8. The van der Waals surface area contributed by atoms with Crippen molar-refractivity contribution in [2.24, 2.45) is 0 Å². The minimum absolute atomic E-state index is 0.219. The van der Waals surface area contributed by atoms with E-state index in [0.29, 0.717) is 5.82 Å². The minimum Gasteiger partial charge on any atom is -0.508 e. The first-order valence-electron chi connectivity index (χ1n) is 5.04. The molecule has 0 fully saturated rings. The fourth-order valence-corrected chi connectivity index (χ4v) is 2.03. The Bertz CT molecular complexity index is 693. The minimum atomic E-state index is 0.219. The van der Waals surface area contributed by atoms with Gasteiger partial charge in [0.05, 0.1) is 0 Å². The van der Waals surface area contributed by atoms with Crippen molar-refractivity contribution in [1.82, 2.24) is 14.6 Å². The second-order valence-electron chi connectivity index (χ2n) is 3.65. The van der Waals surface area contributed by atoms with Crippen LogP contribution >= 0.6 is 15.9 Å². The SMILES string of the molecule is Oc1cccc(-c2nnc3cc(Br)ccn23)c1. The van der Waals surface area contributed by atoms with Crippen LogP contribution in [-0.4, -0.2) is 19.7 Å². The Labute approximate surface area is 106 Å². The number of hydrogen-bond acceptors (Lipinski definition) is 3. The molecule has 2 aromatic heterocycles. The van der Waals surface area contributed by atoms with Crippen molar-refractivity contribution in [3.8, 4) is 17.1 Å². The summed E-state index contributed by atoms with van der Waals surface area (Å²) in [5, 5.41) is 17.7. The molecule has 0 radical (unpaired) electrons. The molecule has 0 atom stereocenters. The third-order valence-electron chi connectivity index (χ3n) is 2.48. The lowest BCUT2D eigenvalue weighted by Crippen LogP contribution is -1.88. The molecule has 0 aliphatic heterocycles. The highest BCUT2D eigenvalue weighted by Gasteiger charge is 2.08. The maximum atomic E-state index is 9.46. The first-order valence-corrected chi connectivity index (χ1v) is 5.83. The number of halogens is 1. The molecule has 3 aromatic rings. The number of pyridine rings is 1. The summed E-state index contributed by atoms with van der Waals surface area (Å²) in [4.78, 5) is 0. The van der Waals surface area contributed by atoms with Gasteiger partial charge in [-0.15, -0.1) is 10.2 Å². The summed E-state index contributed by atoms with van der Waals surface area (Å²) in [6, 6.07) is 10.8. The summed E-state index contributed by atoms with van der Waals surface area (Å²) in [6.45, 7) is 0. The average Bonchev–Trinajstić information content (AvgIpc) is 2.71. The van der Waals surface area contributed by atoms with Crippen LogP contribution in [0.5, 0.6) is 5.75 Å². The molecule has 3 rings (SSSR count). The second kappa shape index (κ2) is 3.85. The number of hydrogen-bond donors (Lipinski definition) is 1. The molecule has 5 heteroatoms. The molecule has 17 heavy (non-hydrogen) atoms. The standard InChI is InChI=1S/C12H8BrN3O/c13-9-4-5-16-11(7-9)14-15-12(16)8-2-1-3-10(17)6-8/h1-7,17H. The molecule has 0 saturated heterocycles. The maximum absolute atomic E-state index is 9.46. The molecule has 0 spiro atoms. The number of aromatic hydroxyl groups is 1. The Hall–Kier alpha value is -1.88. The van der Waals surface area contributed by atoms with Crippen LogP contribution in [0.25, 0.3) is 17.0 Å². The van der Waals surface area contributed by atoms with Crippen molar-refractivity contribution in [3.05, 3.63) is 47.1 Å². The molecule has 0 amide bonds. The van der Waals surface area contributed by atoms with Gasteiger partial charge in [-0.1, -0.05) is 28.1 Å². The Morgan fingerprint density at radius 2 is 2.00 bits per heavy atom. The summed E-state index contributed by atoms with van der Waals surface area (Å²) in [6.07, 6.45) is 1.89. The van der Waals surface area contributed by atoms with E-state index in [4.69, 9.17) is 0 Å². The van der Waals surface area contributed by atoms with E-state index in [1.165, 1.54) is 0 Å². The average molecular weight is 290 g/mol. The van der Waals surface area contributed by atoms with E-state index in [0.717, 1.165) is 15.7 Å². The van der Waals surface area contributed by atoms with Gasteiger partial charge in [0.25, 0.3) is 0 Å². The molecule has 1 N–H and O–H groups in total. The van der Waals surface area contributed by atoms with E-state index in [9.17, 15) is 5.11 Å². The van der Waals surface area contributed by atoms with Gasteiger partial charge in [0, 0.05) is 16.2 Å². The van der Waals surface area contributed by atoms with Gasteiger partial charge in [0.15, 0.2) is 11.5 Å². The summed E-state index contributed by atoms with van der Waals surface area (Å²) in [5.41, 5.74) is 1.59. The van der Waals surface area contributed by atoms with Crippen LogP contribution in [0.1, 0.15) is 0 Å². The normalized spacial score (nSPS) is 10.9. The van der Waals surface area contributed by atoms with Gasteiger partial charge < -0.3 is 5.11 Å². The monoisotopic (exact) mass is 289 g/mol. The number of rotatable bonds is 1. The fraction of sp³-hybridized carbons (Fsp3) is 0. The summed E-state index contributed by atoms with van der Waals surface area (Å²) in [7, 11) is 0. The van der Waals surface area contributed by atoms with Crippen LogP contribution in [0, 0.1) is 0 Å². The quantitative estimate of drug-likeness (QED) is 0.749. The van der Waals surface area contributed by atoms with Crippen LogP contribution in [0.2, 0.25) is 0 Å². The third kappa shape index (κ3) is 1.78. The zero-order valence-electron chi connectivity index (χ0n) is 8.71. The molecule has 2 heterocycles. The molecule has 0 aliphatic carbocycles. The molecule has 0 unspecified atom stereocenters. The van der Waals surface area contributed by atoms with Gasteiger partial charge >= 0.3 is 0 Å². The molecule has 0 aliphatic rings. The van der Waals surface area contributed by atoms with Gasteiger partial charge in [-0.3, -0.25) is 4.40 Å². The number of phenols is 1. The largest absolute Gasteiger partial charge is 0.508 e. The first-order chi connectivity index (χ1) is 8.24. The van der Waals surface area contributed by atoms with Crippen molar-refractivity contribution in [2.75, 3.05) is 0 Å². The number of benzene rings is 1. The van der Waals surface area contributed by atoms with E-state index in [-0.39, 0.29) is 5.75 Å². The fourth-order valence-electron chi connectivity index (χ4n) is 1.71. The van der Waals surface area contributed by atoms with Crippen molar-refractivity contribution in [3.63, 3.8) is 0 Å². The lowest BCUT2D eigenvalue weighted by Gasteiger charge is -2.00. The zero-order valence-corrected chi connectivity index (χ0v) is 10.3. The Balaban J connectivity index is 2.24. The first kappa shape index (κ1) is 10.3. The smallest absolute Gasteiger partial charge is 0.168 e. The van der Waals surface area contributed by atoms with Crippen LogP contribution < -0.4 is 0 Å². The lowest BCUT2D eigenvalue weighted by atomic mass is 10.2. The summed E-state index contributed by atoms with van der Waals surface area (Å²) < 4.78 is 2.83. The molecular weight excluding hydrogens is 282 g/mol. The van der Waals surface area contributed by atoms with E-state index in [1.807, 2.05) is 28.8 Å². The topological polar surface area (TPSA) is 50.4 Å².